The monoisotopic (exact) mass is 332 g/mol. The third kappa shape index (κ3) is 3.45. The van der Waals surface area contributed by atoms with Gasteiger partial charge >= 0.3 is 5.97 Å². The Balaban J connectivity index is 2.67. The van der Waals surface area contributed by atoms with Gasteiger partial charge in [-0.2, -0.15) is 0 Å². The molecule has 0 spiro atoms. The summed E-state index contributed by atoms with van der Waals surface area (Å²) in [5, 5.41) is 9.23. The largest absolute Gasteiger partial charge is 0.478 e. The van der Waals surface area contributed by atoms with Gasteiger partial charge in [0.05, 0.1) is 5.57 Å². The average molecular weight is 332 g/mol. The lowest BCUT2D eigenvalue weighted by molar-refractivity contribution is -0.137. The molecule has 126 valence electrons. The maximum absolute atomic E-state index is 13.9. The Kier molecular flexibility index (Phi) is 5.02. The molecule has 1 unspecified atom stereocenters. The predicted molar refractivity (Wildman–Crippen MR) is 90.1 cm³/mol. The molecule has 5 heteroatoms. The number of benzene rings is 1. The minimum Gasteiger partial charge on any atom is -0.478 e. The summed E-state index contributed by atoms with van der Waals surface area (Å²) in [6.07, 6.45) is 6.32. The van der Waals surface area contributed by atoms with Crippen molar-refractivity contribution in [3.63, 3.8) is 0 Å². The Labute approximate surface area is 139 Å². The maximum atomic E-state index is 13.9. The molecule has 1 N–H and O–H groups in total. The van der Waals surface area contributed by atoms with Crippen LogP contribution in [0.15, 0.2) is 54.7 Å². The van der Waals surface area contributed by atoms with Crippen LogP contribution < -0.4 is 4.74 Å². The number of alkyl halides is 2. The SMILES string of the molecule is C=C/C=C(\C=C/C)c1cccc2c1OC(C(C)(F)F)C(C(=O)O)=C2. The van der Waals surface area contributed by atoms with Crippen LogP contribution in [0.1, 0.15) is 25.0 Å². The van der Waals surface area contributed by atoms with Gasteiger partial charge in [-0.05, 0) is 18.6 Å². The number of carbonyl (C=O) groups is 1. The normalized spacial score (nSPS) is 17.9. The average Bonchev–Trinajstić information content (AvgIpc) is 2.52. The van der Waals surface area contributed by atoms with Crippen LogP contribution in [0.25, 0.3) is 11.6 Å². The summed E-state index contributed by atoms with van der Waals surface area (Å²) in [6.45, 7) is 6.13. The molecular weight excluding hydrogens is 314 g/mol. The van der Waals surface area contributed by atoms with Crippen molar-refractivity contribution in [1.29, 1.82) is 0 Å². The van der Waals surface area contributed by atoms with Crippen LogP contribution >= 0.6 is 0 Å². The molecule has 3 nitrogen and oxygen atoms in total. The van der Waals surface area contributed by atoms with Crippen LogP contribution in [-0.4, -0.2) is 23.1 Å². The first-order valence-corrected chi connectivity index (χ1v) is 7.37. The zero-order chi connectivity index (χ0) is 17.9. The summed E-state index contributed by atoms with van der Waals surface area (Å²) in [6, 6.07) is 5.09. The zero-order valence-electron chi connectivity index (χ0n) is 13.4. The highest BCUT2D eigenvalue weighted by molar-refractivity contribution is 5.96. The predicted octanol–water partition coefficient (Wildman–Crippen LogP) is 4.72. The van der Waals surface area contributed by atoms with Crippen LogP contribution in [0.5, 0.6) is 5.75 Å². The molecule has 0 bridgehead atoms. The number of carboxylic acid groups (broad SMARTS) is 1. The lowest BCUT2D eigenvalue weighted by Crippen LogP contribution is -2.41. The lowest BCUT2D eigenvalue weighted by Gasteiger charge is -2.30. The van der Waals surface area contributed by atoms with E-state index in [0.717, 1.165) is 5.57 Å². The molecule has 0 amide bonds. The summed E-state index contributed by atoms with van der Waals surface area (Å²) in [5.41, 5.74) is 1.31. The fourth-order valence-corrected chi connectivity index (χ4v) is 2.54. The summed E-state index contributed by atoms with van der Waals surface area (Å²) in [7, 11) is 0. The maximum Gasteiger partial charge on any atom is 0.335 e. The smallest absolute Gasteiger partial charge is 0.335 e. The van der Waals surface area contributed by atoms with Gasteiger partial charge in [0.15, 0.2) is 6.10 Å². The number of hydrogen-bond donors (Lipinski definition) is 1. The minimum atomic E-state index is -3.34. The van der Waals surface area contributed by atoms with Crippen LogP contribution in [0.4, 0.5) is 8.78 Å². The molecule has 24 heavy (non-hydrogen) atoms. The number of para-hydroxylation sites is 1. The first-order chi connectivity index (χ1) is 11.3. The Morgan fingerprint density at radius 3 is 2.67 bits per heavy atom. The van der Waals surface area contributed by atoms with Crippen LogP contribution in [0.2, 0.25) is 0 Å². The number of halogens is 2. The van der Waals surface area contributed by atoms with Gasteiger partial charge in [0.1, 0.15) is 5.75 Å². The second kappa shape index (κ2) is 6.83. The second-order valence-corrected chi connectivity index (χ2v) is 5.44. The molecule has 0 radical (unpaired) electrons. The fraction of sp³-hybridized carbons (Fsp3) is 0.211. The van der Waals surface area contributed by atoms with E-state index in [1.165, 1.54) is 6.08 Å². The van der Waals surface area contributed by atoms with E-state index in [1.807, 2.05) is 13.0 Å². The first kappa shape index (κ1) is 17.7. The number of hydrogen-bond acceptors (Lipinski definition) is 2. The van der Waals surface area contributed by atoms with E-state index in [-0.39, 0.29) is 5.75 Å². The van der Waals surface area contributed by atoms with Gasteiger partial charge < -0.3 is 9.84 Å². The molecule has 0 saturated carbocycles. The van der Waals surface area contributed by atoms with Gasteiger partial charge in [-0.3, -0.25) is 0 Å². The van der Waals surface area contributed by atoms with Crippen LogP contribution in [-0.2, 0) is 4.79 Å². The van der Waals surface area contributed by atoms with Gasteiger partial charge in [-0.15, -0.1) is 0 Å². The Morgan fingerprint density at radius 1 is 1.42 bits per heavy atom. The Hall–Kier alpha value is -2.69. The first-order valence-electron chi connectivity index (χ1n) is 7.37. The molecule has 1 aromatic carbocycles. The van der Waals surface area contributed by atoms with Gasteiger partial charge in [0.2, 0.25) is 0 Å². The molecule has 0 aliphatic carbocycles. The highest BCUT2D eigenvalue weighted by Gasteiger charge is 2.44. The number of allylic oxidation sites excluding steroid dienone is 5. The molecule has 0 saturated heterocycles. The van der Waals surface area contributed by atoms with Crippen molar-refractivity contribution < 1.29 is 23.4 Å². The van der Waals surface area contributed by atoms with Crippen molar-refractivity contribution in [2.45, 2.75) is 25.9 Å². The molecule has 1 atom stereocenters. The molecule has 1 aliphatic rings. The van der Waals surface area contributed by atoms with E-state index in [1.54, 1.807) is 36.4 Å². The van der Waals surface area contributed by atoms with Crippen LogP contribution in [0, 0.1) is 0 Å². The highest BCUT2D eigenvalue weighted by atomic mass is 19.3. The molecular formula is C19H18F2O3. The summed E-state index contributed by atoms with van der Waals surface area (Å²) < 4.78 is 33.2. The topological polar surface area (TPSA) is 46.5 Å². The molecule has 0 aromatic heterocycles. The Bertz CT molecular complexity index is 752. The standard InChI is InChI=1S/C19H18F2O3/c1-4-7-12(8-5-2)14-10-6-9-13-11-15(18(22)23)17(19(3,20)21)24-16(13)14/h4-11,17H,1H2,2-3H3,(H,22,23)/b8-5-,12-7+. The summed E-state index contributed by atoms with van der Waals surface area (Å²) in [5.74, 6) is -4.52. The van der Waals surface area contributed by atoms with Gasteiger partial charge in [-0.25, -0.2) is 13.6 Å². The zero-order valence-corrected chi connectivity index (χ0v) is 13.4. The van der Waals surface area contributed by atoms with Gasteiger partial charge in [-0.1, -0.05) is 49.1 Å². The molecule has 1 aliphatic heterocycles. The number of ether oxygens (including phenoxy) is 1. The Morgan fingerprint density at radius 2 is 2.12 bits per heavy atom. The van der Waals surface area contributed by atoms with E-state index in [2.05, 4.69) is 6.58 Å². The summed E-state index contributed by atoms with van der Waals surface area (Å²) >= 11 is 0. The van der Waals surface area contributed by atoms with Crippen molar-refractivity contribution in [2.24, 2.45) is 0 Å². The van der Waals surface area contributed by atoms with E-state index in [4.69, 9.17) is 4.74 Å². The van der Waals surface area contributed by atoms with E-state index >= 15 is 0 Å². The van der Waals surface area contributed by atoms with Crippen molar-refractivity contribution in [3.05, 3.63) is 65.8 Å². The molecule has 1 heterocycles. The number of carboxylic acids is 1. The molecule has 1 aromatic rings. The third-order valence-electron chi connectivity index (χ3n) is 3.54. The van der Waals surface area contributed by atoms with E-state index in [0.29, 0.717) is 18.1 Å². The quantitative estimate of drug-likeness (QED) is 0.794. The van der Waals surface area contributed by atoms with Gasteiger partial charge in [0.25, 0.3) is 5.92 Å². The molecule has 0 fully saturated rings. The third-order valence-corrected chi connectivity index (χ3v) is 3.54. The number of aliphatic carboxylic acids is 1. The number of rotatable bonds is 5. The lowest BCUT2D eigenvalue weighted by atomic mass is 9.94. The van der Waals surface area contributed by atoms with Gasteiger partial charge in [0, 0.05) is 18.1 Å². The van der Waals surface area contributed by atoms with Crippen molar-refractivity contribution >= 4 is 17.6 Å². The van der Waals surface area contributed by atoms with Crippen molar-refractivity contribution in [3.8, 4) is 5.75 Å². The van der Waals surface area contributed by atoms with E-state index < -0.39 is 23.6 Å². The second-order valence-electron chi connectivity index (χ2n) is 5.44. The van der Waals surface area contributed by atoms with E-state index in [9.17, 15) is 18.7 Å². The fourth-order valence-electron chi connectivity index (χ4n) is 2.54. The summed E-state index contributed by atoms with van der Waals surface area (Å²) in [4.78, 5) is 11.3. The van der Waals surface area contributed by atoms with Crippen molar-refractivity contribution in [1.82, 2.24) is 0 Å². The molecule has 2 rings (SSSR count). The number of fused-ring (bicyclic) bond motifs is 1. The van der Waals surface area contributed by atoms with Crippen LogP contribution in [0.3, 0.4) is 0 Å². The van der Waals surface area contributed by atoms with Crippen molar-refractivity contribution in [2.75, 3.05) is 0 Å². The highest BCUT2D eigenvalue weighted by Crippen LogP contribution is 2.40. The minimum absolute atomic E-state index is 0.236.